The van der Waals surface area contributed by atoms with Crippen molar-refractivity contribution in [2.45, 2.75) is 25.9 Å². The molecule has 1 heterocycles. The fraction of sp³-hybridized carbons (Fsp3) is 0.312. The Labute approximate surface area is 138 Å². The summed E-state index contributed by atoms with van der Waals surface area (Å²) in [5.74, 6) is -0.466. The van der Waals surface area contributed by atoms with Gasteiger partial charge < -0.3 is 16.8 Å². The molecule has 2 rings (SSSR count). The first-order valence-electron chi connectivity index (χ1n) is 7.49. The molecule has 2 aromatic rings. The van der Waals surface area contributed by atoms with Crippen LogP contribution in [-0.2, 0) is 18.4 Å². The van der Waals surface area contributed by atoms with Crippen LogP contribution in [0, 0.1) is 0 Å². The number of carbonyl (C=O) groups excluding carboxylic acids is 1. The number of aromatic nitrogens is 2. The molecule has 5 N–H and O–H groups in total. The first kappa shape index (κ1) is 17.3. The summed E-state index contributed by atoms with van der Waals surface area (Å²) in [6, 6.07) is 8.91. The van der Waals surface area contributed by atoms with E-state index in [1.54, 1.807) is 6.92 Å². The fourth-order valence-corrected chi connectivity index (χ4v) is 2.44. The molecule has 0 saturated heterocycles. The lowest BCUT2D eigenvalue weighted by Crippen LogP contribution is -2.42. The van der Waals surface area contributed by atoms with E-state index in [0.717, 1.165) is 10.1 Å². The van der Waals surface area contributed by atoms with E-state index in [9.17, 15) is 14.4 Å². The number of nitrogens with one attached hydrogen (secondary N) is 1. The summed E-state index contributed by atoms with van der Waals surface area (Å²) >= 11 is 0. The molecule has 0 aliphatic heterocycles. The quantitative estimate of drug-likeness (QED) is 0.679. The third-order valence-electron chi connectivity index (χ3n) is 3.66. The Bertz CT molecular complexity index is 854. The highest BCUT2D eigenvalue weighted by Crippen LogP contribution is 2.14. The van der Waals surface area contributed by atoms with Crippen molar-refractivity contribution in [3.8, 4) is 0 Å². The van der Waals surface area contributed by atoms with Gasteiger partial charge in [-0.3, -0.25) is 18.7 Å². The number of hydrogen-bond acceptors (Lipinski definition) is 5. The Morgan fingerprint density at radius 1 is 1.25 bits per heavy atom. The van der Waals surface area contributed by atoms with Gasteiger partial charge in [0.15, 0.2) is 0 Å². The topological polar surface area (TPSA) is 125 Å². The van der Waals surface area contributed by atoms with Crippen molar-refractivity contribution in [2.75, 3.05) is 11.1 Å². The number of rotatable bonds is 6. The van der Waals surface area contributed by atoms with Gasteiger partial charge in [0.25, 0.3) is 5.56 Å². The Hall–Kier alpha value is -3.03. The van der Waals surface area contributed by atoms with Gasteiger partial charge in [0.05, 0.1) is 6.54 Å². The second-order valence-electron chi connectivity index (χ2n) is 5.69. The molecule has 128 valence electrons. The number of nitrogens with zero attached hydrogens (tertiary/aromatic N) is 2. The molecule has 1 atom stereocenters. The third-order valence-corrected chi connectivity index (χ3v) is 3.66. The standard InChI is InChI=1S/C16H21N5O3/c1-10(8-12(17)22)19-13-14(18)21(16(24)20(2)15(13)23)9-11-6-4-3-5-7-11/h3-7,10,19H,8-9,18H2,1-2H3,(H2,17,22). The second-order valence-corrected chi connectivity index (χ2v) is 5.69. The molecule has 0 aliphatic carbocycles. The summed E-state index contributed by atoms with van der Waals surface area (Å²) in [6.45, 7) is 1.94. The first-order chi connectivity index (χ1) is 11.3. The molecule has 0 saturated carbocycles. The van der Waals surface area contributed by atoms with Crippen molar-refractivity contribution in [1.82, 2.24) is 9.13 Å². The largest absolute Gasteiger partial charge is 0.383 e. The van der Waals surface area contributed by atoms with Gasteiger partial charge >= 0.3 is 5.69 Å². The average Bonchev–Trinajstić information content (AvgIpc) is 2.54. The Kier molecular flexibility index (Phi) is 5.08. The van der Waals surface area contributed by atoms with Crippen LogP contribution in [0.1, 0.15) is 18.9 Å². The number of carbonyl (C=O) groups is 1. The lowest BCUT2D eigenvalue weighted by molar-refractivity contribution is -0.118. The summed E-state index contributed by atoms with van der Waals surface area (Å²) in [5, 5.41) is 2.89. The SMILES string of the molecule is CC(CC(N)=O)Nc1c(N)n(Cc2ccccc2)c(=O)n(C)c1=O. The molecule has 0 fully saturated rings. The van der Waals surface area contributed by atoms with Crippen LogP contribution in [0.2, 0.25) is 0 Å². The molecule has 24 heavy (non-hydrogen) atoms. The highest BCUT2D eigenvalue weighted by atomic mass is 16.2. The molecule has 0 bridgehead atoms. The third kappa shape index (κ3) is 3.65. The minimum atomic E-state index is -0.543. The highest BCUT2D eigenvalue weighted by Gasteiger charge is 2.17. The number of amides is 1. The lowest BCUT2D eigenvalue weighted by Gasteiger charge is -2.19. The van der Waals surface area contributed by atoms with Gasteiger partial charge in [-0.1, -0.05) is 30.3 Å². The van der Waals surface area contributed by atoms with Crippen molar-refractivity contribution >= 4 is 17.4 Å². The Balaban J connectivity index is 2.47. The molecule has 0 spiro atoms. The van der Waals surface area contributed by atoms with E-state index in [1.807, 2.05) is 30.3 Å². The molecule has 1 unspecified atom stereocenters. The summed E-state index contributed by atoms with van der Waals surface area (Å²) in [6.07, 6.45) is 0.0421. The number of hydrogen-bond donors (Lipinski definition) is 3. The number of nitrogens with two attached hydrogens (primary N) is 2. The molecule has 0 radical (unpaired) electrons. The predicted molar refractivity (Wildman–Crippen MR) is 92.8 cm³/mol. The highest BCUT2D eigenvalue weighted by molar-refractivity contribution is 5.75. The zero-order valence-electron chi connectivity index (χ0n) is 13.7. The van der Waals surface area contributed by atoms with Gasteiger partial charge in [-0.15, -0.1) is 0 Å². The van der Waals surface area contributed by atoms with Crippen LogP contribution < -0.4 is 28.0 Å². The predicted octanol–water partition coefficient (Wildman–Crippen LogP) is -0.147. The zero-order valence-corrected chi connectivity index (χ0v) is 13.7. The minimum absolute atomic E-state index is 0.0308. The van der Waals surface area contributed by atoms with Crippen LogP contribution in [0.5, 0.6) is 0 Å². The number of anilines is 2. The van der Waals surface area contributed by atoms with E-state index >= 15 is 0 Å². The molecular weight excluding hydrogens is 310 g/mol. The van der Waals surface area contributed by atoms with Gasteiger partial charge in [-0.25, -0.2) is 4.79 Å². The number of benzene rings is 1. The normalized spacial score (nSPS) is 11.9. The van der Waals surface area contributed by atoms with Crippen molar-refractivity contribution in [3.63, 3.8) is 0 Å². The van der Waals surface area contributed by atoms with E-state index < -0.39 is 17.2 Å². The van der Waals surface area contributed by atoms with Crippen molar-refractivity contribution in [2.24, 2.45) is 12.8 Å². The summed E-state index contributed by atoms with van der Waals surface area (Å²) in [4.78, 5) is 35.7. The summed E-state index contributed by atoms with van der Waals surface area (Å²) < 4.78 is 2.30. The zero-order chi connectivity index (χ0) is 17.9. The van der Waals surface area contributed by atoms with E-state index in [0.29, 0.717) is 0 Å². The lowest BCUT2D eigenvalue weighted by atomic mass is 10.2. The maximum Gasteiger partial charge on any atom is 0.332 e. The van der Waals surface area contributed by atoms with E-state index in [-0.39, 0.29) is 30.5 Å². The van der Waals surface area contributed by atoms with Gasteiger partial charge in [0.2, 0.25) is 5.91 Å². The summed E-state index contributed by atoms with van der Waals surface area (Å²) in [7, 11) is 1.38. The van der Waals surface area contributed by atoms with Crippen molar-refractivity contribution < 1.29 is 4.79 Å². The first-order valence-corrected chi connectivity index (χ1v) is 7.49. The van der Waals surface area contributed by atoms with Crippen molar-refractivity contribution in [3.05, 3.63) is 56.7 Å². The monoisotopic (exact) mass is 331 g/mol. The molecule has 8 heteroatoms. The van der Waals surface area contributed by atoms with Crippen LogP contribution in [0.15, 0.2) is 39.9 Å². The van der Waals surface area contributed by atoms with Gasteiger partial charge in [-0.2, -0.15) is 0 Å². The second kappa shape index (κ2) is 7.03. The smallest absolute Gasteiger partial charge is 0.332 e. The van der Waals surface area contributed by atoms with E-state index in [1.165, 1.54) is 11.6 Å². The maximum absolute atomic E-state index is 12.4. The van der Waals surface area contributed by atoms with Crippen LogP contribution in [-0.4, -0.2) is 21.1 Å². The van der Waals surface area contributed by atoms with Crippen LogP contribution in [0.3, 0.4) is 0 Å². The number of nitrogen functional groups attached to an aromatic ring is 1. The molecule has 1 aromatic carbocycles. The van der Waals surface area contributed by atoms with Crippen molar-refractivity contribution in [1.29, 1.82) is 0 Å². The molecular formula is C16H21N5O3. The molecule has 1 aromatic heterocycles. The molecule has 0 aliphatic rings. The van der Waals surface area contributed by atoms with Crippen LogP contribution in [0.4, 0.5) is 11.5 Å². The number of primary amides is 1. The van der Waals surface area contributed by atoms with Crippen LogP contribution >= 0.6 is 0 Å². The van der Waals surface area contributed by atoms with Crippen LogP contribution in [0.25, 0.3) is 0 Å². The van der Waals surface area contributed by atoms with E-state index in [4.69, 9.17) is 11.5 Å². The molecule has 8 nitrogen and oxygen atoms in total. The van der Waals surface area contributed by atoms with Gasteiger partial charge in [0, 0.05) is 19.5 Å². The van der Waals surface area contributed by atoms with Gasteiger partial charge in [0.1, 0.15) is 11.5 Å². The average molecular weight is 331 g/mol. The minimum Gasteiger partial charge on any atom is -0.383 e. The fourth-order valence-electron chi connectivity index (χ4n) is 2.44. The summed E-state index contributed by atoms with van der Waals surface area (Å²) in [5.41, 5.74) is 11.1. The maximum atomic E-state index is 12.4. The Morgan fingerprint density at radius 2 is 1.88 bits per heavy atom. The molecule has 1 amide bonds. The van der Waals surface area contributed by atoms with Gasteiger partial charge in [-0.05, 0) is 12.5 Å². The Morgan fingerprint density at radius 3 is 2.46 bits per heavy atom. The van der Waals surface area contributed by atoms with E-state index in [2.05, 4.69) is 5.32 Å².